The smallest absolute Gasteiger partial charge is 0.252 e. The lowest BCUT2D eigenvalue weighted by atomic mass is 9.74. The van der Waals surface area contributed by atoms with Crippen molar-refractivity contribution in [2.24, 2.45) is 0 Å². The van der Waals surface area contributed by atoms with E-state index in [-0.39, 0.29) is 11.3 Å². The predicted molar refractivity (Wildman–Crippen MR) is 96.7 cm³/mol. The molecule has 4 nitrogen and oxygen atoms in total. The molecular formula is C20H19ClN2O2. The van der Waals surface area contributed by atoms with Gasteiger partial charge < -0.3 is 10.1 Å². The van der Waals surface area contributed by atoms with E-state index in [2.05, 4.69) is 11.4 Å². The van der Waals surface area contributed by atoms with Gasteiger partial charge in [-0.25, -0.2) is 0 Å². The molecule has 1 aliphatic heterocycles. The van der Waals surface area contributed by atoms with Crippen molar-refractivity contribution in [1.29, 1.82) is 5.26 Å². The first kappa shape index (κ1) is 17.5. The second-order valence-corrected chi connectivity index (χ2v) is 6.68. The molecule has 1 saturated heterocycles. The van der Waals surface area contributed by atoms with Crippen LogP contribution in [0, 0.1) is 11.3 Å². The van der Waals surface area contributed by atoms with Crippen molar-refractivity contribution >= 4 is 17.5 Å². The first-order chi connectivity index (χ1) is 12.1. The van der Waals surface area contributed by atoms with E-state index in [9.17, 15) is 10.1 Å². The van der Waals surface area contributed by atoms with Gasteiger partial charge >= 0.3 is 0 Å². The molecule has 0 radical (unpaired) electrons. The number of carbonyl (C=O) groups excluding carboxylic acids is 1. The van der Waals surface area contributed by atoms with Gasteiger partial charge in [-0.3, -0.25) is 4.79 Å². The number of ether oxygens (including phenoxy) is 1. The summed E-state index contributed by atoms with van der Waals surface area (Å²) in [7, 11) is 0. The lowest BCUT2D eigenvalue weighted by Crippen LogP contribution is -2.44. The van der Waals surface area contributed by atoms with Crippen LogP contribution in [0.15, 0.2) is 48.5 Å². The first-order valence-electron chi connectivity index (χ1n) is 8.26. The summed E-state index contributed by atoms with van der Waals surface area (Å²) in [5, 5.41) is 12.9. The Labute approximate surface area is 152 Å². The Morgan fingerprint density at radius 1 is 1.16 bits per heavy atom. The Morgan fingerprint density at radius 2 is 1.84 bits per heavy atom. The van der Waals surface area contributed by atoms with Gasteiger partial charge in [-0.1, -0.05) is 35.9 Å². The molecule has 0 bridgehead atoms. The third-order valence-corrected chi connectivity index (χ3v) is 5.04. The van der Waals surface area contributed by atoms with Crippen LogP contribution in [0.2, 0.25) is 5.02 Å². The maximum absolute atomic E-state index is 12.6. The first-order valence-corrected chi connectivity index (χ1v) is 8.63. The molecular weight excluding hydrogens is 336 g/mol. The number of halogens is 1. The molecule has 0 aromatic heterocycles. The molecule has 25 heavy (non-hydrogen) atoms. The summed E-state index contributed by atoms with van der Waals surface area (Å²) >= 11 is 6.01. The number of rotatable bonds is 4. The van der Waals surface area contributed by atoms with Crippen LogP contribution in [0.4, 0.5) is 0 Å². The van der Waals surface area contributed by atoms with Crippen molar-refractivity contribution in [3.63, 3.8) is 0 Å². The number of carbonyl (C=O) groups is 1. The van der Waals surface area contributed by atoms with Gasteiger partial charge in [0.15, 0.2) is 0 Å². The SMILES string of the molecule is N#Cc1ccccc1C(=O)NCC1(c2ccc(Cl)cc2)CCOCC1. The van der Waals surface area contributed by atoms with Crippen LogP contribution in [0.1, 0.15) is 34.3 Å². The molecule has 2 aromatic carbocycles. The molecule has 1 heterocycles. The highest BCUT2D eigenvalue weighted by Gasteiger charge is 2.35. The van der Waals surface area contributed by atoms with Gasteiger partial charge in [0.2, 0.25) is 0 Å². The van der Waals surface area contributed by atoms with Crippen molar-refractivity contribution in [3.05, 3.63) is 70.2 Å². The van der Waals surface area contributed by atoms with Gasteiger partial charge in [0, 0.05) is 30.2 Å². The van der Waals surface area contributed by atoms with Gasteiger partial charge in [-0.2, -0.15) is 5.26 Å². The number of benzene rings is 2. The largest absolute Gasteiger partial charge is 0.381 e. The zero-order chi connectivity index (χ0) is 17.7. The summed E-state index contributed by atoms with van der Waals surface area (Å²) < 4.78 is 5.52. The molecule has 1 fully saturated rings. The zero-order valence-electron chi connectivity index (χ0n) is 13.8. The molecule has 0 aliphatic carbocycles. The van der Waals surface area contributed by atoms with Crippen LogP contribution in [0.5, 0.6) is 0 Å². The van der Waals surface area contributed by atoms with Crippen LogP contribution >= 0.6 is 11.6 Å². The number of hydrogen-bond donors (Lipinski definition) is 1. The topological polar surface area (TPSA) is 62.1 Å². The van der Waals surface area contributed by atoms with Crippen molar-refractivity contribution in [3.8, 4) is 6.07 Å². The van der Waals surface area contributed by atoms with E-state index in [1.165, 1.54) is 0 Å². The average molecular weight is 355 g/mol. The van der Waals surface area contributed by atoms with Crippen LogP contribution in [0.25, 0.3) is 0 Å². The van der Waals surface area contributed by atoms with Gasteiger partial charge in [0.25, 0.3) is 5.91 Å². The van der Waals surface area contributed by atoms with E-state index in [0.29, 0.717) is 35.9 Å². The summed E-state index contributed by atoms with van der Waals surface area (Å²) in [6, 6.07) is 16.7. The van der Waals surface area contributed by atoms with Gasteiger partial charge in [0.05, 0.1) is 17.2 Å². The molecule has 128 valence electrons. The Kier molecular flexibility index (Phi) is 5.37. The fourth-order valence-electron chi connectivity index (χ4n) is 3.26. The molecule has 0 spiro atoms. The highest BCUT2D eigenvalue weighted by atomic mass is 35.5. The molecule has 1 N–H and O–H groups in total. The maximum atomic E-state index is 12.6. The van der Waals surface area contributed by atoms with E-state index in [1.807, 2.05) is 24.3 Å². The van der Waals surface area contributed by atoms with Gasteiger partial charge in [0.1, 0.15) is 0 Å². The van der Waals surface area contributed by atoms with Crippen molar-refractivity contribution in [2.75, 3.05) is 19.8 Å². The summed E-state index contributed by atoms with van der Waals surface area (Å²) in [6.45, 7) is 1.82. The fourth-order valence-corrected chi connectivity index (χ4v) is 3.38. The quantitative estimate of drug-likeness (QED) is 0.910. The highest BCUT2D eigenvalue weighted by molar-refractivity contribution is 6.30. The monoisotopic (exact) mass is 354 g/mol. The number of nitrogens with one attached hydrogen (secondary N) is 1. The standard InChI is InChI=1S/C20H19ClN2O2/c21-17-7-5-16(6-8-17)20(9-11-25-12-10-20)14-23-19(24)18-4-2-1-3-15(18)13-22/h1-8H,9-12,14H2,(H,23,24). The maximum Gasteiger partial charge on any atom is 0.252 e. The third kappa shape index (κ3) is 3.84. The lowest BCUT2D eigenvalue weighted by molar-refractivity contribution is 0.0487. The molecule has 1 aliphatic rings. The Hall–Kier alpha value is -2.35. The Morgan fingerprint density at radius 3 is 2.52 bits per heavy atom. The van der Waals surface area contributed by atoms with Crippen molar-refractivity contribution < 1.29 is 9.53 Å². The summed E-state index contributed by atoms with van der Waals surface area (Å²) in [5.74, 6) is -0.225. The average Bonchev–Trinajstić information content (AvgIpc) is 2.67. The molecule has 1 amide bonds. The van der Waals surface area contributed by atoms with Crippen molar-refractivity contribution in [2.45, 2.75) is 18.3 Å². The molecule has 5 heteroatoms. The van der Waals surface area contributed by atoms with Gasteiger partial charge in [-0.15, -0.1) is 0 Å². The minimum atomic E-state index is -0.225. The minimum Gasteiger partial charge on any atom is -0.381 e. The predicted octanol–water partition coefficient (Wildman–Crippen LogP) is 3.69. The number of nitriles is 1. The number of nitrogens with zero attached hydrogens (tertiary/aromatic N) is 1. The normalized spacial score (nSPS) is 16.0. The molecule has 2 aromatic rings. The molecule has 0 unspecified atom stereocenters. The van der Waals surface area contributed by atoms with Crippen LogP contribution < -0.4 is 5.32 Å². The van der Waals surface area contributed by atoms with Crippen LogP contribution in [-0.4, -0.2) is 25.7 Å². The second-order valence-electron chi connectivity index (χ2n) is 6.24. The Bertz CT molecular complexity index is 790. The molecule has 0 atom stereocenters. The summed E-state index contributed by atoms with van der Waals surface area (Å²) in [6.07, 6.45) is 1.66. The van der Waals surface area contributed by atoms with Gasteiger partial charge in [-0.05, 0) is 42.7 Å². The second kappa shape index (κ2) is 7.69. The number of amides is 1. The molecule has 3 rings (SSSR count). The number of hydrogen-bond acceptors (Lipinski definition) is 3. The van der Waals surface area contributed by atoms with E-state index >= 15 is 0 Å². The van der Waals surface area contributed by atoms with Crippen LogP contribution in [0.3, 0.4) is 0 Å². The van der Waals surface area contributed by atoms with Crippen LogP contribution in [-0.2, 0) is 10.2 Å². The van der Waals surface area contributed by atoms with E-state index in [4.69, 9.17) is 16.3 Å². The zero-order valence-corrected chi connectivity index (χ0v) is 14.6. The minimum absolute atomic E-state index is 0.180. The highest BCUT2D eigenvalue weighted by Crippen LogP contribution is 2.35. The van der Waals surface area contributed by atoms with Crippen molar-refractivity contribution in [1.82, 2.24) is 5.32 Å². The summed E-state index contributed by atoms with van der Waals surface area (Å²) in [5.41, 5.74) is 1.75. The van der Waals surface area contributed by atoms with E-state index in [0.717, 1.165) is 18.4 Å². The summed E-state index contributed by atoms with van der Waals surface area (Å²) in [4.78, 5) is 12.6. The lowest BCUT2D eigenvalue weighted by Gasteiger charge is -2.38. The Balaban J connectivity index is 1.81. The third-order valence-electron chi connectivity index (χ3n) is 4.79. The molecule has 0 saturated carbocycles. The fraction of sp³-hybridized carbons (Fsp3) is 0.300. The van der Waals surface area contributed by atoms with E-state index in [1.54, 1.807) is 24.3 Å². The van der Waals surface area contributed by atoms with E-state index < -0.39 is 0 Å².